The summed E-state index contributed by atoms with van der Waals surface area (Å²) >= 11 is 0. The third kappa shape index (κ3) is 2.15. The standard InChI is InChI=1S/C11H14N2O/c12-7-10-1-4-13(5-2-10)8-11-3-6-14-9-11/h3,6,9-10H,1-2,4-5,8H2. The van der Waals surface area contributed by atoms with Crippen LogP contribution in [-0.2, 0) is 6.54 Å². The van der Waals surface area contributed by atoms with Crippen LogP contribution in [0.15, 0.2) is 23.0 Å². The van der Waals surface area contributed by atoms with E-state index in [4.69, 9.17) is 9.68 Å². The second-order valence-electron chi connectivity index (χ2n) is 3.81. The number of rotatable bonds is 2. The van der Waals surface area contributed by atoms with Gasteiger partial charge in [-0.3, -0.25) is 4.90 Å². The van der Waals surface area contributed by atoms with Crippen molar-refractivity contribution in [1.82, 2.24) is 4.90 Å². The zero-order chi connectivity index (χ0) is 9.80. The van der Waals surface area contributed by atoms with Gasteiger partial charge in [-0.15, -0.1) is 0 Å². The van der Waals surface area contributed by atoms with Crippen LogP contribution in [-0.4, -0.2) is 18.0 Å². The molecule has 1 aliphatic rings. The maximum atomic E-state index is 8.75. The van der Waals surface area contributed by atoms with E-state index in [-0.39, 0.29) is 5.92 Å². The molecule has 0 bridgehead atoms. The lowest BCUT2D eigenvalue weighted by Crippen LogP contribution is -2.32. The van der Waals surface area contributed by atoms with Crippen molar-refractivity contribution in [3.63, 3.8) is 0 Å². The first-order valence-corrected chi connectivity index (χ1v) is 5.01. The molecule has 0 N–H and O–H groups in total. The minimum atomic E-state index is 0.274. The highest BCUT2D eigenvalue weighted by Crippen LogP contribution is 2.18. The van der Waals surface area contributed by atoms with Gasteiger partial charge in [0.05, 0.1) is 18.6 Å². The summed E-state index contributed by atoms with van der Waals surface area (Å²) in [6.07, 6.45) is 5.51. The highest BCUT2D eigenvalue weighted by molar-refractivity contribution is 5.05. The van der Waals surface area contributed by atoms with Gasteiger partial charge in [0.25, 0.3) is 0 Å². The Morgan fingerprint density at radius 3 is 2.86 bits per heavy atom. The normalized spacial score (nSPS) is 19.4. The third-order valence-electron chi connectivity index (χ3n) is 2.76. The first-order valence-electron chi connectivity index (χ1n) is 5.01. The predicted molar refractivity (Wildman–Crippen MR) is 52.3 cm³/mol. The summed E-state index contributed by atoms with van der Waals surface area (Å²) in [7, 11) is 0. The van der Waals surface area contributed by atoms with Gasteiger partial charge in [-0.2, -0.15) is 5.26 Å². The third-order valence-corrected chi connectivity index (χ3v) is 2.76. The first kappa shape index (κ1) is 9.29. The molecule has 0 aliphatic carbocycles. The molecule has 0 atom stereocenters. The molecule has 14 heavy (non-hydrogen) atoms. The number of hydrogen-bond donors (Lipinski definition) is 0. The SMILES string of the molecule is N#CC1CCN(Cc2ccoc2)CC1. The number of piperidine rings is 1. The summed E-state index contributed by atoms with van der Waals surface area (Å²) in [4.78, 5) is 2.37. The van der Waals surface area contributed by atoms with Crippen molar-refractivity contribution in [2.45, 2.75) is 19.4 Å². The number of hydrogen-bond acceptors (Lipinski definition) is 3. The summed E-state index contributed by atoms with van der Waals surface area (Å²) in [5.41, 5.74) is 1.22. The summed E-state index contributed by atoms with van der Waals surface area (Å²) in [5, 5.41) is 8.75. The largest absolute Gasteiger partial charge is 0.472 e. The van der Waals surface area contributed by atoms with Crippen LogP contribution in [0.1, 0.15) is 18.4 Å². The van der Waals surface area contributed by atoms with Gasteiger partial charge in [0.2, 0.25) is 0 Å². The Kier molecular flexibility index (Phi) is 2.85. The van der Waals surface area contributed by atoms with Crippen LogP contribution in [0.4, 0.5) is 0 Å². The Morgan fingerprint density at radius 2 is 2.29 bits per heavy atom. The average molecular weight is 190 g/mol. The lowest BCUT2D eigenvalue weighted by Gasteiger charge is -2.28. The van der Waals surface area contributed by atoms with E-state index in [9.17, 15) is 0 Å². The molecule has 3 nitrogen and oxygen atoms in total. The second-order valence-corrected chi connectivity index (χ2v) is 3.81. The topological polar surface area (TPSA) is 40.2 Å². The van der Waals surface area contributed by atoms with Crippen LogP contribution in [0.5, 0.6) is 0 Å². The molecule has 1 aromatic heterocycles. The van der Waals surface area contributed by atoms with Crippen LogP contribution < -0.4 is 0 Å². The van der Waals surface area contributed by atoms with Crippen molar-refractivity contribution in [2.75, 3.05) is 13.1 Å². The van der Waals surface area contributed by atoms with Gasteiger partial charge in [0.15, 0.2) is 0 Å². The molecular weight excluding hydrogens is 176 g/mol. The number of nitrogens with zero attached hydrogens (tertiary/aromatic N) is 2. The molecule has 1 aromatic rings. The molecule has 2 heterocycles. The van der Waals surface area contributed by atoms with Crippen LogP contribution in [0, 0.1) is 17.2 Å². The Hall–Kier alpha value is -1.27. The van der Waals surface area contributed by atoms with Crippen molar-refractivity contribution >= 4 is 0 Å². The lowest BCUT2D eigenvalue weighted by atomic mass is 9.98. The van der Waals surface area contributed by atoms with Gasteiger partial charge in [-0.1, -0.05) is 0 Å². The van der Waals surface area contributed by atoms with Crippen molar-refractivity contribution in [1.29, 1.82) is 5.26 Å². The van der Waals surface area contributed by atoms with Crippen molar-refractivity contribution in [3.05, 3.63) is 24.2 Å². The van der Waals surface area contributed by atoms with Gasteiger partial charge in [0.1, 0.15) is 0 Å². The molecule has 0 spiro atoms. The molecule has 0 unspecified atom stereocenters. The zero-order valence-electron chi connectivity index (χ0n) is 8.15. The second kappa shape index (κ2) is 4.30. The van der Waals surface area contributed by atoms with Gasteiger partial charge < -0.3 is 4.42 Å². The maximum absolute atomic E-state index is 8.75. The predicted octanol–water partition coefficient (Wildman–Crippen LogP) is 2.02. The van der Waals surface area contributed by atoms with E-state index in [1.165, 1.54) is 5.56 Å². The van der Waals surface area contributed by atoms with Gasteiger partial charge >= 0.3 is 0 Å². The summed E-state index contributed by atoms with van der Waals surface area (Å²) < 4.78 is 5.02. The molecule has 1 saturated heterocycles. The van der Waals surface area contributed by atoms with Gasteiger partial charge in [-0.25, -0.2) is 0 Å². The summed E-state index contributed by atoms with van der Waals surface area (Å²) in [6.45, 7) is 3.02. The quantitative estimate of drug-likeness (QED) is 0.716. The first-order chi connectivity index (χ1) is 6.88. The van der Waals surface area contributed by atoms with E-state index in [1.54, 1.807) is 12.5 Å². The smallest absolute Gasteiger partial charge is 0.0947 e. The maximum Gasteiger partial charge on any atom is 0.0947 e. The van der Waals surface area contributed by atoms with Crippen molar-refractivity contribution in [2.24, 2.45) is 5.92 Å². The van der Waals surface area contributed by atoms with Crippen LogP contribution in [0.25, 0.3) is 0 Å². The number of likely N-dealkylation sites (tertiary alicyclic amines) is 1. The molecule has 0 aromatic carbocycles. The minimum Gasteiger partial charge on any atom is -0.472 e. The molecule has 1 aliphatic heterocycles. The molecule has 0 saturated carbocycles. The van der Waals surface area contributed by atoms with Gasteiger partial charge in [0, 0.05) is 18.0 Å². The average Bonchev–Trinajstić information content (AvgIpc) is 2.72. The van der Waals surface area contributed by atoms with E-state index in [2.05, 4.69) is 11.0 Å². The van der Waals surface area contributed by atoms with E-state index in [0.717, 1.165) is 32.5 Å². The molecule has 3 heteroatoms. The minimum absolute atomic E-state index is 0.274. The number of nitriles is 1. The zero-order valence-corrected chi connectivity index (χ0v) is 8.15. The fourth-order valence-electron chi connectivity index (χ4n) is 1.86. The van der Waals surface area contributed by atoms with Gasteiger partial charge in [-0.05, 0) is 32.0 Å². The molecular formula is C11H14N2O. The Labute approximate surface area is 83.9 Å². The Bertz CT molecular complexity index is 305. The van der Waals surface area contributed by atoms with Crippen molar-refractivity contribution in [3.8, 4) is 6.07 Å². The summed E-state index contributed by atoms with van der Waals surface area (Å²) in [6, 6.07) is 4.33. The van der Waals surface area contributed by atoms with E-state index in [0.29, 0.717) is 0 Å². The van der Waals surface area contributed by atoms with Crippen LogP contribution in [0.2, 0.25) is 0 Å². The van der Waals surface area contributed by atoms with E-state index >= 15 is 0 Å². The fourth-order valence-corrected chi connectivity index (χ4v) is 1.86. The monoisotopic (exact) mass is 190 g/mol. The summed E-state index contributed by atoms with van der Waals surface area (Å²) in [5.74, 6) is 0.274. The van der Waals surface area contributed by atoms with Crippen LogP contribution >= 0.6 is 0 Å². The molecule has 2 rings (SSSR count). The molecule has 74 valence electrons. The lowest BCUT2D eigenvalue weighted by molar-refractivity contribution is 0.198. The number of furan rings is 1. The molecule has 0 amide bonds. The molecule has 1 fully saturated rings. The Balaban J connectivity index is 1.82. The highest BCUT2D eigenvalue weighted by atomic mass is 16.3. The van der Waals surface area contributed by atoms with E-state index < -0.39 is 0 Å². The fraction of sp³-hybridized carbons (Fsp3) is 0.545. The van der Waals surface area contributed by atoms with Crippen molar-refractivity contribution < 1.29 is 4.42 Å². The van der Waals surface area contributed by atoms with Crippen LogP contribution in [0.3, 0.4) is 0 Å². The van der Waals surface area contributed by atoms with E-state index in [1.807, 2.05) is 6.07 Å². The molecule has 0 radical (unpaired) electrons. The highest BCUT2D eigenvalue weighted by Gasteiger charge is 2.18. The Morgan fingerprint density at radius 1 is 1.50 bits per heavy atom.